The third-order valence-corrected chi connectivity index (χ3v) is 5.61. The van der Waals surface area contributed by atoms with Crippen molar-refractivity contribution in [2.75, 3.05) is 44.8 Å². The van der Waals surface area contributed by atoms with E-state index in [1.807, 2.05) is 31.2 Å². The Morgan fingerprint density at radius 3 is 2.45 bits per heavy atom. The number of piperidine rings is 1. The molecule has 7 nitrogen and oxygen atoms in total. The second-order valence-corrected chi connectivity index (χ2v) is 8.02. The van der Waals surface area contributed by atoms with E-state index in [2.05, 4.69) is 10.2 Å². The SMILES string of the molecule is CCOc1ccc(Oc2ccc(Cl)cc2NC(=O)CN2CCC3(CC2)OCCO3)cc1. The standard InChI is InChI=1S/C23H27ClN2O5/c1-2-28-18-4-6-19(7-5-18)31-21-8-3-17(24)15-20(21)25-22(27)16-26-11-9-23(10-12-26)29-13-14-30-23/h3-8,15H,2,9-14,16H2,1H3,(H,25,27). The molecule has 4 rings (SSSR count). The first-order valence-corrected chi connectivity index (χ1v) is 10.9. The van der Waals surface area contributed by atoms with Crippen molar-refractivity contribution in [2.24, 2.45) is 0 Å². The molecule has 2 aromatic carbocycles. The van der Waals surface area contributed by atoms with Crippen molar-refractivity contribution in [1.82, 2.24) is 4.90 Å². The third-order valence-electron chi connectivity index (χ3n) is 5.38. The number of hydrogen-bond donors (Lipinski definition) is 1. The molecular formula is C23H27ClN2O5. The van der Waals surface area contributed by atoms with Crippen molar-refractivity contribution in [3.63, 3.8) is 0 Å². The van der Waals surface area contributed by atoms with Gasteiger partial charge in [-0.05, 0) is 49.4 Å². The maximum atomic E-state index is 12.7. The van der Waals surface area contributed by atoms with Crippen molar-refractivity contribution in [1.29, 1.82) is 0 Å². The quantitative estimate of drug-likeness (QED) is 0.683. The summed E-state index contributed by atoms with van der Waals surface area (Å²) in [6.07, 6.45) is 1.53. The van der Waals surface area contributed by atoms with Gasteiger partial charge in [0.15, 0.2) is 11.5 Å². The van der Waals surface area contributed by atoms with Crippen molar-refractivity contribution in [3.05, 3.63) is 47.5 Å². The summed E-state index contributed by atoms with van der Waals surface area (Å²) in [4.78, 5) is 14.8. The van der Waals surface area contributed by atoms with E-state index in [9.17, 15) is 4.79 Å². The number of likely N-dealkylation sites (tertiary alicyclic amines) is 1. The van der Waals surface area contributed by atoms with Gasteiger partial charge in [0.2, 0.25) is 5.91 Å². The van der Waals surface area contributed by atoms with Gasteiger partial charge in [-0.15, -0.1) is 0 Å². The average molecular weight is 447 g/mol. The van der Waals surface area contributed by atoms with Crippen LogP contribution in [-0.4, -0.2) is 56.0 Å². The normalized spacial score (nSPS) is 18.1. The topological polar surface area (TPSA) is 69.3 Å². The maximum absolute atomic E-state index is 12.7. The van der Waals surface area contributed by atoms with Crippen LogP contribution in [0.25, 0.3) is 0 Å². The molecule has 0 aromatic heterocycles. The summed E-state index contributed by atoms with van der Waals surface area (Å²) < 4.78 is 22.9. The van der Waals surface area contributed by atoms with Gasteiger partial charge in [-0.25, -0.2) is 0 Å². The van der Waals surface area contributed by atoms with Crippen LogP contribution in [0.15, 0.2) is 42.5 Å². The van der Waals surface area contributed by atoms with Gasteiger partial charge >= 0.3 is 0 Å². The molecule has 31 heavy (non-hydrogen) atoms. The third kappa shape index (κ3) is 5.68. The van der Waals surface area contributed by atoms with Crippen molar-refractivity contribution >= 4 is 23.2 Å². The first-order valence-electron chi connectivity index (χ1n) is 10.6. The van der Waals surface area contributed by atoms with E-state index in [0.717, 1.165) is 31.7 Å². The summed E-state index contributed by atoms with van der Waals surface area (Å²) in [5.74, 6) is 1.37. The van der Waals surface area contributed by atoms with Crippen LogP contribution in [0, 0.1) is 0 Å². The molecule has 2 heterocycles. The van der Waals surface area contributed by atoms with Gasteiger partial charge in [0.25, 0.3) is 0 Å². The molecular weight excluding hydrogens is 420 g/mol. The second-order valence-electron chi connectivity index (χ2n) is 7.58. The Labute approximate surface area is 187 Å². The fraction of sp³-hybridized carbons (Fsp3) is 0.435. The number of benzene rings is 2. The molecule has 1 spiro atoms. The molecule has 0 saturated carbocycles. The van der Waals surface area contributed by atoms with Crippen LogP contribution in [-0.2, 0) is 14.3 Å². The van der Waals surface area contributed by atoms with E-state index in [4.69, 9.17) is 30.5 Å². The predicted molar refractivity (Wildman–Crippen MR) is 118 cm³/mol. The van der Waals surface area contributed by atoms with Gasteiger partial charge in [0.1, 0.15) is 11.5 Å². The lowest BCUT2D eigenvalue weighted by Gasteiger charge is -2.37. The van der Waals surface area contributed by atoms with Crippen molar-refractivity contribution < 1.29 is 23.7 Å². The minimum Gasteiger partial charge on any atom is -0.494 e. The molecule has 0 atom stereocenters. The van der Waals surface area contributed by atoms with E-state index in [-0.39, 0.29) is 12.5 Å². The van der Waals surface area contributed by atoms with Crippen LogP contribution in [0.4, 0.5) is 5.69 Å². The number of amides is 1. The Kier molecular flexibility index (Phi) is 6.97. The summed E-state index contributed by atoms with van der Waals surface area (Å²) in [6, 6.07) is 12.5. The fourth-order valence-electron chi connectivity index (χ4n) is 3.82. The van der Waals surface area contributed by atoms with Gasteiger partial charge in [-0.2, -0.15) is 0 Å². The van der Waals surface area contributed by atoms with Gasteiger partial charge in [-0.3, -0.25) is 9.69 Å². The van der Waals surface area contributed by atoms with E-state index < -0.39 is 5.79 Å². The largest absolute Gasteiger partial charge is 0.494 e. The van der Waals surface area contributed by atoms with Crippen molar-refractivity contribution in [3.8, 4) is 17.2 Å². The zero-order valence-electron chi connectivity index (χ0n) is 17.6. The molecule has 2 aromatic rings. The summed E-state index contributed by atoms with van der Waals surface area (Å²) in [7, 11) is 0. The van der Waals surface area contributed by atoms with E-state index >= 15 is 0 Å². The number of carbonyl (C=O) groups excluding carboxylic acids is 1. The van der Waals surface area contributed by atoms with Crippen LogP contribution in [0.2, 0.25) is 5.02 Å². The number of halogens is 1. The van der Waals surface area contributed by atoms with Crippen LogP contribution in [0.1, 0.15) is 19.8 Å². The summed E-state index contributed by atoms with van der Waals surface area (Å²) in [5.41, 5.74) is 0.530. The van der Waals surface area contributed by atoms with Crippen LogP contribution < -0.4 is 14.8 Å². The van der Waals surface area contributed by atoms with Gasteiger partial charge < -0.3 is 24.3 Å². The van der Waals surface area contributed by atoms with E-state index in [1.165, 1.54) is 0 Å². The zero-order chi connectivity index (χ0) is 21.7. The highest BCUT2D eigenvalue weighted by molar-refractivity contribution is 6.31. The maximum Gasteiger partial charge on any atom is 0.238 e. The molecule has 2 aliphatic rings. The summed E-state index contributed by atoms with van der Waals surface area (Å²) >= 11 is 6.16. The number of hydrogen-bond acceptors (Lipinski definition) is 6. The van der Waals surface area contributed by atoms with Crippen LogP contribution in [0.5, 0.6) is 17.2 Å². The molecule has 2 aliphatic heterocycles. The number of nitrogens with one attached hydrogen (secondary N) is 1. The number of anilines is 1. The average Bonchev–Trinajstić information content (AvgIpc) is 3.21. The Morgan fingerprint density at radius 1 is 1.10 bits per heavy atom. The van der Waals surface area contributed by atoms with E-state index in [1.54, 1.807) is 18.2 Å². The van der Waals surface area contributed by atoms with Gasteiger partial charge in [0, 0.05) is 31.0 Å². The smallest absolute Gasteiger partial charge is 0.238 e. The highest BCUT2D eigenvalue weighted by atomic mass is 35.5. The monoisotopic (exact) mass is 446 g/mol. The number of rotatable bonds is 7. The Bertz CT molecular complexity index is 889. The summed E-state index contributed by atoms with van der Waals surface area (Å²) in [6.45, 7) is 5.61. The molecule has 2 saturated heterocycles. The zero-order valence-corrected chi connectivity index (χ0v) is 18.3. The Hall–Kier alpha value is -2.32. The minimum atomic E-state index is -0.446. The minimum absolute atomic E-state index is 0.122. The molecule has 0 bridgehead atoms. The molecule has 1 amide bonds. The molecule has 0 unspecified atom stereocenters. The van der Waals surface area contributed by atoms with Crippen LogP contribution in [0.3, 0.4) is 0 Å². The number of ether oxygens (including phenoxy) is 4. The molecule has 2 fully saturated rings. The van der Waals surface area contributed by atoms with Gasteiger partial charge in [0.05, 0.1) is 32.1 Å². The van der Waals surface area contributed by atoms with Crippen molar-refractivity contribution in [2.45, 2.75) is 25.6 Å². The predicted octanol–water partition coefficient (Wildman–Crippen LogP) is 4.31. The lowest BCUT2D eigenvalue weighted by molar-refractivity contribution is -0.185. The first kappa shape index (κ1) is 21.9. The fourth-order valence-corrected chi connectivity index (χ4v) is 3.99. The molecule has 8 heteroatoms. The Morgan fingerprint density at radius 2 is 1.77 bits per heavy atom. The lowest BCUT2D eigenvalue weighted by atomic mass is 10.0. The summed E-state index contributed by atoms with van der Waals surface area (Å²) in [5, 5.41) is 3.45. The van der Waals surface area contributed by atoms with E-state index in [0.29, 0.717) is 42.0 Å². The Balaban J connectivity index is 1.36. The molecule has 166 valence electrons. The number of carbonyl (C=O) groups is 1. The molecule has 0 aliphatic carbocycles. The molecule has 1 N–H and O–H groups in total. The first-order chi connectivity index (χ1) is 15.0. The highest BCUT2D eigenvalue weighted by Crippen LogP contribution is 2.33. The highest BCUT2D eigenvalue weighted by Gasteiger charge is 2.39. The second kappa shape index (κ2) is 9.87. The lowest BCUT2D eigenvalue weighted by Crippen LogP contribution is -2.47. The number of nitrogens with zero attached hydrogens (tertiary/aromatic N) is 1. The molecule has 0 radical (unpaired) electrons. The van der Waals surface area contributed by atoms with Crippen LogP contribution >= 0.6 is 11.6 Å². The van der Waals surface area contributed by atoms with Gasteiger partial charge in [-0.1, -0.05) is 11.6 Å².